The van der Waals surface area contributed by atoms with Crippen LogP contribution in [0.5, 0.6) is 0 Å². The number of benzene rings is 1. The smallest absolute Gasteiger partial charge is 0.475 e. The van der Waals surface area contributed by atoms with Gasteiger partial charge in [-0.05, 0) is 18.2 Å². The maximum absolute atomic E-state index is 13.0. The van der Waals surface area contributed by atoms with Gasteiger partial charge in [-0.15, -0.1) is 0 Å². The number of nitrogens with zero attached hydrogens (tertiary/aromatic N) is 1. The molecule has 2 N–H and O–H groups in total. The fourth-order valence-corrected chi connectivity index (χ4v) is 2.85. The van der Waals surface area contributed by atoms with Gasteiger partial charge in [-0.25, -0.2) is 4.79 Å². The van der Waals surface area contributed by atoms with Crippen LogP contribution in [0.4, 0.5) is 45.2 Å². The van der Waals surface area contributed by atoms with Crippen molar-refractivity contribution < 1.29 is 49.4 Å². The van der Waals surface area contributed by atoms with Crippen molar-refractivity contribution in [1.82, 2.24) is 5.32 Å². The van der Waals surface area contributed by atoms with Crippen molar-refractivity contribution >= 4 is 11.7 Å². The van der Waals surface area contributed by atoms with E-state index in [0.29, 0.717) is 44.4 Å². The number of halogens is 9. The first-order valence-electron chi connectivity index (χ1n) is 7.59. The molecule has 28 heavy (non-hydrogen) atoms. The van der Waals surface area contributed by atoms with E-state index in [1.54, 1.807) is 0 Å². The Balaban J connectivity index is 0.000000345. The van der Waals surface area contributed by atoms with E-state index in [2.05, 4.69) is 5.32 Å². The SMILES string of the molecule is FC(F)(F)c1ccc(C(F)(F)F)c(N2CC3(CNC3)C2)c1.O=C(O)C(F)(F)F. The molecule has 4 nitrogen and oxygen atoms in total. The molecule has 0 aromatic heterocycles. The number of hydrogen-bond donors (Lipinski definition) is 2. The Kier molecular flexibility index (Phi) is 5.54. The summed E-state index contributed by atoms with van der Waals surface area (Å²) in [5.74, 6) is -2.76. The first-order valence-corrected chi connectivity index (χ1v) is 7.59. The lowest BCUT2D eigenvalue weighted by molar-refractivity contribution is -0.192. The maximum Gasteiger partial charge on any atom is 0.490 e. The largest absolute Gasteiger partial charge is 0.490 e. The second-order valence-electron chi connectivity index (χ2n) is 6.49. The summed E-state index contributed by atoms with van der Waals surface area (Å²) in [4.78, 5) is 10.3. The van der Waals surface area contributed by atoms with Crippen molar-refractivity contribution in [2.45, 2.75) is 18.5 Å². The van der Waals surface area contributed by atoms with E-state index in [4.69, 9.17) is 9.90 Å². The fraction of sp³-hybridized carbons (Fsp3) is 0.533. The van der Waals surface area contributed by atoms with E-state index in [9.17, 15) is 39.5 Å². The second-order valence-corrected chi connectivity index (χ2v) is 6.49. The van der Waals surface area contributed by atoms with E-state index < -0.39 is 35.6 Å². The first-order chi connectivity index (χ1) is 12.6. The van der Waals surface area contributed by atoms with Gasteiger partial charge in [-0.2, -0.15) is 39.5 Å². The predicted molar refractivity (Wildman–Crippen MR) is 77.7 cm³/mol. The third-order valence-corrected chi connectivity index (χ3v) is 4.27. The number of aliphatic carboxylic acids is 1. The molecule has 0 radical (unpaired) electrons. The first kappa shape index (κ1) is 22.1. The van der Waals surface area contributed by atoms with Crippen LogP contribution >= 0.6 is 0 Å². The molecule has 158 valence electrons. The van der Waals surface area contributed by atoms with Crippen LogP contribution in [0.2, 0.25) is 0 Å². The number of carbonyl (C=O) groups is 1. The molecule has 3 rings (SSSR count). The number of rotatable bonds is 1. The van der Waals surface area contributed by atoms with Crippen LogP contribution in [0.3, 0.4) is 0 Å². The van der Waals surface area contributed by atoms with Crippen LogP contribution in [0.15, 0.2) is 18.2 Å². The van der Waals surface area contributed by atoms with Crippen LogP contribution in [-0.4, -0.2) is 43.4 Å². The molecule has 0 bridgehead atoms. The topological polar surface area (TPSA) is 52.6 Å². The molecule has 2 saturated heterocycles. The second kappa shape index (κ2) is 7.01. The summed E-state index contributed by atoms with van der Waals surface area (Å²) >= 11 is 0. The van der Waals surface area contributed by atoms with Crippen LogP contribution in [0, 0.1) is 5.41 Å². The number of hydrogen-bond acceptors (Lipinski definition) is 3. The lowest BCUT2D eigenvalue weighted by Gasteiger charge is -2.57. The minimum Gasteiger partial charge on any atom is -0.475 e. The lowest BCUT2D eigenvalue weighted by atomic mass is 9.74. The highest BCUT2D eigenvalue weighted by Gasteiger charge is 2.49. The number of carboxylic acid groups (broad SMARTS) is 1. The summed E-state index contributed by atoms with van der Waals surface area (Å²) in [5.41, 5.74) is -2.53. The van der Waals surface area contributed by atoms with Crippen molar-refractivity contribution in [2.75, 3.05) is 31.1 Å². The third-order valence-electron chi connectivity index (χ3n) is 4.27. The Hall–Kier alpha value is -2.18. The Labute approximate surface area is 151 Å². The highest BCUT2D eigenvalue weighted by molar-refractivity contribution is 5.73. The molecular formula is C15H13F9N2O2. The van der Waals surface area contributed by atoms with Gasteiger partial charge in [0.15, 0.2) is 0 Å². The summed E-state index contributed by atoms with van der Waals surface area (Å²) < 4.78 is 109. The highest BCUT2D eigenvalue weighted by Crippen LogP contribution is 2.45. The minimum absolute atomic E-state index is 0.0723. The number of carboxylic acids is 1. The van der Waals surface area contributed by atoms with Crippen molar-refractivity contribution in [3.8, 4) is 0 Å². The fourth-order valence-electron chi connectivity index (χ4n) is 2.85. The molecule has 2 aliphatic heterocycles. The molecule has 1 aromatic rings. The van der Waals surface area contributed by atoms with Gasteiger partial charge >= 0.3 is 24.5 Å². The van der Waals surface area contributed by atoms with Gasteiger partial charge in [0, 0.05) is 37.3 Å². The van der Waals surface area contributed by atoms with Crippen LogP contribution in [0.25, 0.3) is 0 Å². The zero-order valence-electron chi connectivity index (χ0n) is 13.8. The Bertz CT molecular complexity index is 728. The van der Waals surface area contributed by atoms with Gasteiger partial charge < -0.3 is 15.3 Å². The van der Waals surface area contributed by atoms with Crippen molar-refractivity contribution in [3.63, 3.8) is 0 Å². The van der Waals surface area contributed by atoms with Crippen LogP contribution < -0.4 is 10.2 Å². The van der Waals surface area contributed by atoms with Gasteiger partial charge in [0.1, 0.15) is 0 Å². The van der Waals surface area contributed by atoms with Gasteiger partial charge in [-0.3, -0.25) is 0 Å². The Morgan fingerprint density at radius 1 is 0.964 bits per heavy atom. The Morgan fingerprint density at radius 3 is 1.79 bits per heavy atom. The number of alkyl halides is 9. The molecule has 0 atom stereocenters. The van der Waals surface area contributed by atoms with E-state index in [0.717, 1.165) is 0 Å². The van der Waals surface area contributed by atoms with Crippen molar-refractivity contribution in [1.29, 1.82) is 0 Å². The summed E-state index contributed by atoms with van der Waals surface area (Å²) in [6.45, 7) is 2.10. The van der Waals surface area contributed by atoms with Gasteiger partial charge in [-0.1, -0.05) is 0 Å². The van der Waals surface area contributed by atoms with Crippen molar-refractivity contribution in [2.24, 2.45) is 5.41 Å². The van der Waals surface area contributed by atoms with Gasteiger partial charge in [0.05, 0.1) is 11.1 Å². The quantitative estimate of drug-likeness (QED) is 0.675. The van der Waals surface area contributed by atoms with Gasteiger partial charge in [0.25, 0.3) is 0 Å². The molecule has 13 heteroatoms. The molecule has 0 amide bonds. The normalized spacial score (nSPS) is 18.7. The molecule has 1 aromatic carbocycles. The molecule has 0 unspecified atom stereocenters. The number of anilines is 1. The summed E-state index contributed by atoms with van der Waals surface area (Å²) in [7, 11) is 0. The molecule has 2 fully saturated rings. The standard InChI is InChI=1S/C13H12F6N2.C2HF3O2/c14-12(15,16)8-1-2-9(13(17,18)19)10(3-8)21-6-11(7-21)4-20-5-11;3-2(4,5)1(6)7/h1-3,20H,4-7H2;(H,6,7). The summed E-state index contributed by atoms with van der Waals surface area (Å²) in [5, 5.41) is 10.2. The summed E-state index contributed by atoms with van der Waals surface area (Å²) in [6, 6.07) is 1.59. The highest BCUT2D eigenvalue weighted by atomic mass is 19.4. The molecule has 2 heterocycles. The van der Waals surface area contributed by atoms with E-state index in [1.807, 2.05) is 0 Å². The molecule has 1 spiro atoms. The van der Waals surface area contributed by atoms with Crippen LogP contribution in [0.1, 0.15) is 11.1 Å². The average molecular weight is 424 g/mol. The summed E-state index contributed by atoms with van der Waals surface area (Å²) in [6.07, 6.45) is -14.4. The molecule has 2 aliphatic rings. The number of nitrogens with one attached hydrogen (secondary N) is 1. The molecular weight excluding hydrogens is 411 g/mol. The van der Waals surface area contributed by atoms with E-state index >= 15 is 0 Å². The Morgan fingerprint density at radius 2 is 1.46 bits per heavy atom. The predicted octanol–water partition coefficient (Wildman–Crippen LogP) is 3.77. The van der Waals surface area contributed by atoms with Crippen LogP contribution in [-0.2, 0) is 17.1 Å². The zero-order valence-corrected chi connectivity index (χ0v) is 13.8. The third kappa shape index (κ3) is 4.80. The van der Waals surface area contributed by atoms with E-state index in [-0.39, 0.29) is 11.1 Å². The maximum atomic E-state index is 13.0. The lowest BCUT2D eigenvalue weighted by Crippen LogP contribution is -2.71. The van der Waals surface area contributed by atoms with Crippen molar-refractivity contribution in [3.05, 3.63) is 29.3 Å². The van der Waals surface area contributed by atoms with Gasteiger partial charge in [0.2, 0.25) is 0 Å². The molecule has 0 aliphatic carbocycles. The van der Waals surface area contributed by atoms with E-state index in [1.165, 1.54) is 4.90 Å². The minimum atomic E-state index is -5.08. The zero-order chi connectivity index (χ0) is 21.5. The monoisotopic (exact) mass is 424 g/mol. The average Bonchev–Trinajstić information content (AvgIpc) is 2.41. The molecule has 0 saturated carbocycles.